The lowest BCUT2D eigenvalue weighted by atomic mass is 10.1. The van der Waals surface area contributed by atoms with Crippen molar-refractivity contribution in [2.24, 2.45) is 0 Å². The number of likely N-dealkylation sites (N-methyl/N-ethyl adjacent to an activating group) is 2. The number of nitrogens with zero attached hydrogens (tertiary/aromatic N) is 2. The van der Waals surface area contributed by atoms with Crippen LogP contribution in [0.15, 0.2) is 0 Å². The first kappa shape index (κ1) is 9.49. The Morgan fingerprint density at radius 2 is 0.818 bits per heavy atom. The molecule has 0 atom stereocenters. The van der Waals surface area contributed by atoms with Crippen LogP contribution >= 0.6 is 17.0 Å². The maximum absolute atomic E-state index is 2.41. The van der Waals surface area contributed by atoms with Crippen LogP contribution in [0.2, 0.25) is 0 Å². The number of hydrogen-bond acceptors (Lipinski definition) is 0. The van der Waals surface area contributed by atoms with Gasteiger partial charge in [-0.25, -0.2) is 0 Å². The van der Waals surface area contributed by atoms with E-state index in [1.165, 1.54) is 48.2 Å². The molecule has 2 bridgehead atoms. The summed E-state index contributed by atoms with van der Waals surface area (Å²) in [4.78, 5) is 0. The van der Waals surface area contributed by atoms with E-state index in [4.69, 9.17) is 0 Å². The maximum Gasteiger partial charge on any atom is 0.129 e. The normalized spacial score (nSPS) is 48.5. The molecule has 0 aliphatic carbocycles. The van der Waals surface area contributed by atoms with E-state index < -0.39 is 0 Å². The van der Waals surface area contributed by atoms with E-state index in [2.05, 4.69) is 14.1 Å². The van der Waals surface area contributed by atoms with Crippen molar-refractivity contribution in [2.75, 3.05) is 53.4 Å². The molecular weight excluding hydrogens is 204 g/mol. The van der Waals surface area contributed by atoms with Crippen LogP contribution in [0.25, 0.3) is 0 Å². The molecule has 3 saturated heterocycles. The minimum absolute atomic E-state index is 0. The molecule has 11 heavy (non-hydrogen) atoms. The molecule has 3 rings (SSSR count). The fraction of sp³-hybridized carbons (Fsp3) is 1.00. The molecule has 3 heteroatoms. The van der Waals surface area contributed by atoms with Crippen LogP contribution in [0.4, 0.5) is 0 Å². The Morgan fingerprint density at radius 3 is 1.00 bits per heavy atom. The molecule has 0 N–H and O–H groups in total. The first-order chi connectivity index (χ1) is 4.62. The predicted molar refractivity (Wildman–Crippen MR) is 51.9 cm³/mol. The van der Waals surface area contributed by atoms with Crippen LogP contribution in [-0.4, -0.2) is 62.3 Å². The first-order valence-corrected chi connectivity index (χ1v) is 4.29. The zero-order chi connectivity index (χ0) is 7.24. The Bertz CT molecular complexity index is 116. The van der Waals surface area contributed by atoms with Crippen LogP contribution in [0.1, 0.15) is 0 Å². The van der Waals surface area contributed by atoms with E-state index in [1.54, 1.807) is 0 Å². The second-order valence-electron chi connectivity index (χ2n) is 4.58. The lowest BCUT2D eigenvalue weighted by molar-refractivity contribution is -1.06. The van der Waals surface area contributed by atoms with Crippen molar-refractivity contribution in [3.8, 4) is 0 Å². The fourth-order valence-corrected chi connectivity index (χ4v) is 2.12. The van der Waals surface area contributed by atoms with Crippen molar-refractivity contribution < 1.29 is 8.97 Å². The molecular formula is C8H19BrN2+2. The minimum atomic E-state index is 0. The highest BCUT2D eigenvalue weighted by atomic mass is 79.9. The number of hydrogen-bond donors (Lipinski definition) is 0. The van der Waals surface area contributed by atoms with Gasteiger partial charge >= 0.3 is 0 Å². The van der Waals surface area contributed by atoms with Gasteiger partial charge in [0.2, 0.25) is 0 Å². The van der Waals surface area contributed by atoms with E-state index >= 15 is 0 Å². The number of fused-ring (bicyclic) bond motifs is 3. The quantitative estimate of drug-likeness (QED) is 0.524. The Labute approximate surface area is 79.7 Å². The number of halogens is 1. The van der Waals surface area contributed by atoms with Gasteiger partial charge in [0.25, 0.3) is 0 Å². The van der Waals surface area contributed by atoms with Crippen LogP contribution in [0, 0.1) is 0 Å². The van der Waals surface area contributed by atoms with Crippen LogP contribution in [-0.2, 0) is 0 Å². The van der Waals surface area contributed by atoms with Gasteiger partial charge in [0.05, 0.1) is 14.1 Å². The molecule has 0 spiro atoms. The highest BCUT2D eigenvalue weighted by Gasteiger charge is 2.43. The van der Waals surface area contributed by atoms with E-state index in [9.17, 15) is 0 Å². The molecule has 0 aromatic carbocycles. The molecule has 2 nitrogen and oxygen atoms in total. The van der Waals surface area contributed by atoms with Crippen molar-refractivity contribution in [1.82, 2.24) is 0 Å². The lowest BCUT2D eigenvalue weighted by Gasteiger charge is -2.52. The van der Waals surface area contributed by atoms with Gasteiger partial charge in [-0.2, -0.15) is 0 Å². The topological polar surface area (TPSA) is 0 Å². The fourth-order valence-electron chi connectivity index (χ4n) is 2.12. The molecule has 3 aliphatic rings. The number of rotatable bonds is 0. The number of quaternary nitrogens is 2. The standard InChI is InChI=1S/C8H18N2.BrH/c1-9-3-6-10(2,7-4-9)8-5-9;/h3-8H2,1-2H3;1H/q+2;. The Balaban J connectivity index is 0.000000605. The number of piperazine rings is 3. The summed E-state index contributed by atoms with van der Waals surface area (Å²) in [7, 11) is 4.81. The van der Waals surface area contributed by atoms with Crippen molar-refractivity contribution >= 4 is 17.0 Å². The van der Waals surface area contributed by atoms with Gasteiger partial charge in [0, 0.05) is 0 Å². The molecule has 0 radical (unpaired) electrons. The van der Waals surface area contributed by atoms with Gasteiger partial charge in [-0.15, -0.1) is 17.0 Å². The third-order valence-electron chi connectivity index (χ3n) is 3.54. The Morgan fingerprint density at radius 1 is 0.636 bits per heavy atom. The zero-order valence-corrected chi connectivity index (χ0v) is 9.26. The second-order valence-corrected chi connectivity index (χ2v) is 4.58. The van der Waals surface area contributed by atoms with E-state index in [0.717, 1.165) is 0 Å². The SMILES string of the molecule is Br.C[N+]12CC[N+](C)(CC1)CC2. The van der Waals surface area contributed by atoms with Gasteiger partial charge in [-0.3, -0.25) is 0 Å². The smallest absolute Gasteiger partial charge is 0.129 e. The van der Waals surface area contributed by atoms with Crippen molar-refractivity contribution in [1.29, 1.82) is 0 Å². The Kier molecular flexibility index (Phi) is 2.34. The highest BCUT2D eigenvalue weighted by molar-refractivity contribution is 8.93. The summed E-state index contributed by atoms with van der Waals surface area (Å²) in [6.45, 7) is 8.48. The Hall–Kier alpha value is 0.400. The van der Waals surface area contributed by atoms with Gasteiger partial charge < -0.3 is 8.97 Å². The van der Waals surface area contributed by atoms with Crippen LogP contribution in [0.5, 0.6) is 0 Å². The molecule has 0 unspecified atom stereocenters. The molecule has 3 aliphatic heterocycles. The summed E-state index contributed by atoms with van der Waals surface area (Å²) in [6, 6.07) is 0. The van der Waals surface area contributed by atoms with Crippen molar-refractivity contribution in [3.63, 3.8) is 0 Å². The summed E-state index contributed by atoms with van der Waals surface area (Å²) in [5.74, 6) is 0. The molecule has 0 saturated carbocycles. The summed E-state index contributed by atoms with van der Waals surface area (Å²) < 4.78 is 2.71. The third-order valence-corrected chi connectivity index (χ3v) is 3.54. The van der Waals surface area contributed by atoms with Crippen molar-refractivity contribution in [3.05, 3.63) is 0 Å². The summed E-state index contributed by atoms with van der Waals surface area (Å²) in [5.41, 5.74) is 0. The molecule has 3 fully saturated rings. The first-order valence-electron chi connectivity index (χ1n) is 4.29. The second kappa shape index (κ2) is 2.71. The molecule has 66 valence electrons. The van der Waals surface area contributed by atoms with E-state index in [-0.39, 0.29) is 17.0 Å². The average molecular weight is 223 g/mol. The van der Waals surface area contributed by atoms with E-state index in [1.807, 2.05) is 0 Å². The summed E-state index contributed by atoms with van der Waals surface area (Å²) in [6.07, 6.45) is 0. The third kappa shape index (κ3) is 1.60. The molecule has 0 amide bonds. The largest absolute Gasteiger partial charge is 0.312 e. The molecule has 0 aromatic heterocycles. The van der Waals surface area contributed by atoms with Gasteiger partial charge in [0.15, 0.2) is 0 Å². The van der Waals surface area contributed by atoms with E-state index in [0.29, 0.717) is 0 Å². The van der Waals surface area contributed by atoms with Gasteiger partial charge in [-0.1, -0.05) is 0 Å². The van der Waals surface area contributed by atoms with Crippen molar-refractivity contribution in [2.45, 2.75) is 0 Å². The molecule has 0 aromatic rings. The summed E-state index contributed by atoms with van der Waals surface area (Å²) in [5, 5.41) is 0. The van der Waals surface area contributed by atoms with Gasteiger partial charge in [-0.05, 0) is 0 Å². The summed E-state index contributed by atoms with van der Waals surface area (Å²) >= 11 is 0. The molecule has 3 heterocycles. The average Bonchev–Trinajstić information content (AvgIpc) is 1.93. The van der Waals surface area contributed by atoms with Gasteiger partial charge in [0.1, 0.15) is 39.3 Å². The van der Waals surface area contributed by atoms with Crippen LogP contribution < -0.4 is 0 Å². The zero-order valence-electron chi connectivity index (χ0n) is 7.55. The minimum Gasteiger partial charge on any atom is -0.312 e. The monoisotopic (exact) mass is 222 g/mol. The predicted octanol–water partition coefficient (Wildman–Crippen LogP) is 0.485. The highest BCUT2D eigenvalue weighted by Crippen LogP contribution is 2.21. The maximum atomic E-state index is 2.41. The lowest BCUT2D eigenvalue weighted by Crippen LogP contribution is -2.72. The van der Waals surface area contributed by atoms with Crippen LogP contribution in [0.3, 0.4) is 0 Å².